The number of carbonyl (C=O) groups is 1. The van der Waals surface area contributed by atoms with Gasteiger partial charge in [-0.05, 0) is 18.8 Å². The monoisotopic (exact) mass is 317 g/mol. The molecule has 1 aliphatic rings. The van der Waals surface area contributed by atoms with E-state index in [1.165, 1.54) is 0 Å². The van der Waals surface area contributed by atoms with E-state index in [9.17, 15) is 18.0 Å². The van der Waals surface area contributed by atoms with E-state index in [-0.39, 0.29) is 10.9 Å². The van der Waals surface area contributed by atoms with Crippen LogP contribution in [0.5, 0.6) is 0 Å². The Bertz CT molecular complexity index is 628. The van der Waals surface area contributed by atoms with Crippen molar-refractivity contribution >= 4 is 5.91 Å². The molecule has 0 N–H and O–H groups in total. The van der Waals surface area contributed by atoms with Gasteiger partial charge >= 0.3 is 12.1 Å². The van der Waals surface area contributed by atoms with Crippen LogP contribution in [-0.2, 0) is 23.8 Å². The van der Waals surface area contributed by atoms with Crippen molar-refractivity contribution in [2.24, 2.45) is 18.0 Å². The smallest absolute Gasteiger partial charge is 0.291 e. The first-order chi connectivity index (χ1) is 10.00. The van der Waals surface area contributed by atoms with Gasteiger partial charge in [0, 0.05) is 30.8 Å². The van der Waals surface area contributed by atoms with Crippen molar-refractivity contribution in [1.82, 2.24) is 9.36 Å². The van der Waals surface area contributed by atoms with Gasteiger partial charge in [0.25, 0.3) is 0 Å². The van der Waals surface area contributed by atoms with E-state index < -0.39 is 12.1 Å². The lowest BCUT2D eigenvalue weighted by Gasteiger charge is -2.27. The molecule has 0 radical (unpaired) electrons. The maximum atomic E-state index is 12.5. The zero-order valence-electron chi connectivity index (χ0n) is 13.4. The fourth-order valence-electron chi connectivity index (χ4n) is 2.67. The molecule has 0 unspecified atom stereocenters. The summed E-state index contributed by atoms with van der Waals surface area (Å²) < 4.78 is 41.0. The van der Waals surface area contributed by atoms with Crippen LogP contribution in [0, 0.1) is 5.92 Å². The quantitative estimate of drug-likeness (QED) is 0.826. The largest absolute Gasteiger partial charge is 0.473 e. The number of rotatable bonds is 2. The first-order valence-corrected chi connectivity index (χ1v) is 7.43. The van der Waals surface area contributed by atoms with Crippen LogP contribution in [0.25, 0.3) is 0 Å². The van der Waals surface area contributed by atoms with Gasteiger partial charge in [-0.15, -0.1) is 0 Å². The number of nitrogens with zero attached hydrogens (tertiary/aromatic N) is 3. The Hall–Kier alpha value is -1.53. The first-order valence-electron chi connectivity index (χ1n) is 7.43. The summed E-state index contributed by atoms with van der Waals surface area (Å²) in [5, 5.41) is 0. The summed E-state index contributed by atoms with van der Waals surface area (Å²) >= 11 is 0. The van der Waals surface area contributed by atoms with E-state index in [4.69, 9.17) is 0 Å². The van der Waals surface area contributed by atoms with Gasteiger partial charge in [0.1, 0.15) is 0 Å². The lowest BCUT2D eigenvalue weighted by atomic mass is 9.85. The molecule has 1 aromatic rings. The Labute approximate surface area is 127 Å². The second-order valence-corrected chi connectivity index (χ2v) is 6.96. The highest BCUT2D eigenvalue weighted by Crippen LogP contribution is 2.28. The zero-order valence-corrected chi connectivity index (χ0v) is 13.4. The third-order valence-electron chi connectivity index (χ3n) is 4.12. The van der Waals surface area contributed by atoms with Crippen LogP contribution in [0.4, 0.5) is 13.2 Å². The Morgan fingerprint density at radius 3 is 2.32 bits per heavy atom. The Morgan fingerprint density at radius 2 is 1.91 bits per heavy atom. The molecule has 0 aromatic carbocycles. The number of carbonyl (C=O) groups excluding carboxylic acids is 1. The van der Waals surface area contributed by atoms with E-state index in [0.717, 1.165) is 25.0 Å². The van der Waals surface area contributed by atoms with Gasteiger partial charge in [0.2, 0.25) is 0 Å². The van der Waals surface area contributed by atoms with Gasteiger partial charge in [-0.1, -0.05) is 27.2 Å². The van der Waals surface area contributed by atoms with Crippen molar-refractivity contribution in [2.75, 3.05) is 0 Å². The van der Waals surface area contributed by atoms with Gasteiger partial charge in [0.05, 0.1) is 0 Å². The topological polar surface area (TPSA) is 39.3 Å². The molecule has 4 nitrogen and oxygen atoms in total. The highest BCUT2D eigenvalue weighted by Gasteiger charge is 2.38. The molecule has 7 heteroatoms. The average Bonchev–Trinajstić information content (AvgIpc) is 2.59. The third kappa shape index (κ3) is 3.44. The molecule has 2 rings (SSSR count). The van der Waals surface area contributed by atoms with Crippen molar-refractivity contribution in [3.8, 4) is 0 Å². The summed E-state index contributed by atoms with van der Waals surface area (Å²) in [6, 6.07) is 1.59. The molecule has 1 fully saturated rings. The van der Waals surface area contributed by atoms with Gasteiger partial charge in [-0.25, -0.2) is 0 Å². The average molecular weight is 317 g/mol. The van der Waals surface area contributed by atoms with E-state index in [2.05, 4.69) is 4.99 Å². The number of hydrogen-bond donors (Lipinski definition) is 0. The maximum Gasteiger partial charge on any atom is 0.473 e. The third-order valence-corrected chi connectivity index (χ3v) is 4.12. The molecular formula is C15H22F3N3O. The second-order valence-electron chi connectivity index (χ2n) is 6.96. The van der Waals surface area contributed by atoms with Crippen molar-refractivity contribution in [1.29, 1.82) is 0 Å². The SMILES string of the molecule is Cn1c(C(C)(C)C)c/c(=N/C(=O)C(F)(F)F)n1CC1CCC1. The van der Waals surface area contributed by atoms with Crippen LogP contribution in [0.2, 0.25) is 0 Å². The summed E-state index contributed by atoms with van der Waals surface area (Å²) in [4.78, 5) is 14.5. The predicted molar refractivity (Wildman–Crippen MR) is 76.1 cm³/mol. The van der Waals surface area contributed by atoms with Crippen LogP contribution in [0.3, 0.4) is 0 Å². The lowest BCUT2D eigenvalue weighted by molar-refractivity contribution is -0.169. The molecule has 0 bridgehead atoms. The Balaban J connectivity index is 2.50. The molecule has 0 atom stereocenters. The standard InChI is InChI=1S/C15H22F3N3O/c1-14(2,3)11-8-12(19-13(22)15(16,17)18)21(20(11)4)9-10-6-5-7-10/h8,10H,5-7,9H2,1-4H3/b19-12-. The van der Waals surface area contributed by atoms with Crippen LogP contribution in [0.1, 0.15) is 45.7 Å². The van der Waals surface area contributed by atoms with Crippen LogP contribution in [0.15, 0.2) is 11.1 Å². The van der Waals surface area contributed by atoms with E-state index in [0.29, 0.717) is 12.5 Å². The van der Waals surface area contributed by atoms with Crippen molar-refractivity contribution in [2.45, 2.75) is 58.2 Å². The molecule has 0 aliphatic heterocycles. The highest BCUT2D eigenvalue weighted by atomic mass is 19.4. The van der Waals surface area contributed by atoms with Gasteiger partial charge in [-0.2, -0.15) is 18.2 Å². The lowest BCUT2D eigenvalue weighted by Crippen LogP contribution is -2.32. The van der Waals surface area contributed by atoms with Gasteiger partial charge < -0.3 is 0 Å². The number of aromatic nitrogens is 2. The van der Waals surface area contributed by atoms with Gasteiger partial charge in [0.15, 0.2) is 5.49 Å². The number of alkyl halides is 3. The molecular weight excluding hydrogens is 295 g/mol. The van der Waals surface area contributed by atoms with E-state index >= 15 is 0 Å². The Kier molecular flexibility index (Phi) is 4.28. The molecule has 22 heavy (non-hydrogen) atoms. The number of hydrogen-bond acceptors (Lipinski definition) is 1. The normalized spacial score (nSPS) is 17.7. The fraction of sp³-hybridized carbons (Fsp3) is 0.733. The minimum atomic E-state index is -4.94. The van der Waals surface area contributed by atoms with Gasteiger partial charge in [-0.3, -0.25) is 14.2 Å². The van der Waals surface area contributed by atoms with Crippen molar-refractivity contribution in [3.05, 3.63) is 17.2 Å². The second kappa shape index (κ2) is 5.59. The van der Waals surface area contributed by atoms with Crippen LogP contribution >= 0.6 is 0 Å². The van der Waals surface area contributed by atoms with Crippen molar-refractivity contribution in [3.63, 3.8) is 0 Å². The molecule has 1 heterocycles. The zero-order chi connectivity index (χ0) is 16.7. The molecule has 0 saturated heterocycles. The summed E-state index contributed by atoms with van der Waals surface area (Å²) in [6.07, 6.45) is -1.66. The summed E-state index contributed by atoms with van der Waals surface area (Å²) in [5.74, 6) is -1.61. The van der Waals surface area contributed by atoms with E-state index in [1.807, 2.05) is 25.5 Å². The number of halogens is 3. The molecule has 124 valence electrons. The molecule has 1 aromatic heterocycles. The predicted octanol–water partition coefficient (Wildman–Crippen LogP) is 2.91. The summed E-state index contributed by atoms with van der Waals surface area (Å²) in [7, 11) is 1.80. The highest BCUT2D eigenvalue weighted by molar-refractivity contribution is 5.82. The van der Waals surface area contributed by atoms with E-state index in [1.54, 1.807) is 17.8 Å². The molecule has 1 saturated carbocycles. The maximum absolute atomic E-state index is 12.5. The minimum Gasteiger partial charge on any atom is -0.291 e. The fourth-order valence-corrected chi connectivity index (χ4v) is 2.67. The molecule has 1 aliphatic carbocycles. The summed E-state index contributed by atoms with van der Waals surface area (Å²) in [6.45, 7) is 6.53. The van der Waals surface area contributed by atoms with Crippen molar-refractivity contribution < 1.29 is 18.0 Å². The van der Waals surface area contributed by atoms with Crippen LogP contribution < -0.4 is 5.49 Å². The summed E-state index contributed by atoms with van der Waals surface area (Å²) in [5.41, 5.74) is 0.688. The number of amides is 1. The van der Waals surface area contributed by atoms with Crippen LogP contribution in [-0.4, -0.2) is 21.4 Å². The minimum absolute atomic E-state index is 0.0849. The first kappa shape index (κ1) is 16.8. The Morgan fingerprint density at radius 1 is 1.32 bits per heavy atom. The molecule has 0 spiro atoms. The molecule has 1 amide bonds.